The summed E-state index contributed by atoms with van der Waals surface area (Å²) in [5.41, 5.74) is 9.79. The number of halogens is 1. The number of hydrazone groups is 1. The molecule has 11 heteroatoms. The van der Waals surface area contributed by atoms with Gasteiger partial charge in [0.25, 0.3) is 0 Å². The molecule has 3 N–H and O–H groups in total. The third-order valence-corrected chi connectivity index (χ3v) is 5.38. The first-order valence-electron chi connectivity index (χ1n) is 9.54. The van der Waals surface area contributed by atoms with E-state index in [1.54, 1.807) is 19.2 Å². The van der Waals surface area contributed by atoms with Crippen molar-refractivity contribution in [2.45, 2.75) is 13.3 Å². The number of nitrogens with two attached hydrogens (primary N) is 1. The maximum atomic E-state index is 11.9. The van der Waals surface area contributed by atoms with Crippen LogP contribution in [0.1, 0.15) is 16.1 Å². The average Bonchev–Trinajstić information content (AvgIpc) is 3.16. The van der Waals surface area contributed by atoms with Crippen molar-refractivity contribution in [3.05, 3.63) is 57.0 Å². The van der Waals surface area contributed by atoms with Crippen molar-refractivity contribution in [1.82, 2.24) is 15.6 Å². The fourth-order valence-corrected chi connectivity index (χ4v) is 3.84. The lowest BCUT2D eigenvalue weighted by Gasteiger charge is -2.14. The summed E-state index contributed by atoms with van der Waals surface area (Å²) in [5, 5.41) is 12.3. The Bertz CT molecular complexity index is 1110. The van der Waals surface area contributed by atoms with Crippen molar-refractivity contribution in [1.29, 1.82) is 0 Å². The van der Waals surface area contributed by atoms with Crippen LogP contribution >= 0.6 is 27.3 Å². The molecule has 0 radical (unpaired) electrons. The van der Waals surface area contributed by atoms with Gasteiger partial charge in [0, 0.05) is 0 Å². The van der Waals surface area contributed by atoms with Crippen molar-refractivity contribution in [2.24, 2.45) is 5.10 Å². The number of anilines is 1. The smallest absolute Gasteiger partial charge is 0.247 e. The second-order valence-electron chi connectivity index (χ2n) is 6.55. The summed E-state index contributed by atoms with van der Waals surface area (Å²) in [6.45, 7) is 2.73. The summed E-state index contributed by atoms with van der Waals surface area (Å²) in [6, 6.07) is 11.4. The Hall–Kier alpha value is -3.18. The molecule has 0 atom stereocenters. The minimum atomic E-state index is -0.322. The molecule has 3 aromatic rings. The molecule has 0 fully saturated rings. The number of amides is 1. The molecule has 0 aliphatic carbocycles. The molecular formula is C21H22BrN5O4S. The summed E-state index contributed by atoms with van der Waals surface area (Å²) in [5.74, 6) is 1.54. The lowest BCUT2D eigenvalue weighted by Crippen LogP contribution is -2.19. The van der Waals surface area contributed by atoms with Crippen LogP contribution in [-0.4, -0.2) is 42.6 Å². The lowest BCUT2D eigenvalue weighted by atomic mass is 10.2. The molecule has 0 saturated carbocycles. The summed E-state index contributed by atoms with van der Waals surface area (Å²) in [4.78, 5) is 11.9. The van der Waals surface area contributed by atoms with E-state index in [2.05, 4.69) is 36.7 Å². The van der Waals surface area contributed by atoms with Gasteiger partial charge in [-0.3, -0.25) is 4.79 Å². The third kappa shape index (κ3) is 6.92. The number of nitrogens with one attached hydrogen (secondary N) is 1. The first-order chi connectivity index (χ1) is 15.4. The van der Waals surface area contributed by atoms with E-state index in [9.17, 15) is 4.79 Å². The van der Waals surface area contributed by atoms with Gasteiger partial charge in [-0.25, -0.2) is 5.43 Å². The van der Waals surface area contributed by atoms with Gasteiger partial charge in [-0.1, -0.05) is 23.5 Å². The Morgan fingerprint density at radius 3 is 2.78 bits per heavy atom. The zero-order valence-electron chi connectivity index (χ0n) is 17.5. The van der Waals surface area contributed by atoms with Gasteiger partial charge in [0.2, 0.25) is 11.0 Å². The van der Waals surface area contributed by atoms with Crippen molar-refractivity contribution in [3.63, 3.8) is 0 Å². The van der Waals surface area contributed by atoms with Gasteiger partial charge in [0.05, 0.1) is 24.2 Å². The standard InChI is InChI=1S/C21H22BrN5O4S/c1-13-4-3-5-15(8-13)30-6-7-31-20-16(22)9-14(10-17(20)29-2)12-24-25-18(28)11-19-26-27-21(23)32-19/h3-5,8-10,12H,6-7,11H2,1-2H3,(H2,23,27)(H,25,28). The molecule has 1 heterocycles. The molecule has 9 nitrogen and oxygen atoms in total. The number of nitrogen functional groups attached to an aromatic ring is 1. The van der Waals surface area contributed by atoms with E-state index in [1.807, 2.05) is 31.2 Å². The van der Waals surface area contributed by atoms with E-state index in [1.165, 1.54) is 6.21 Å². The molecular weight excluding hydrogens is 498 g/mol. The second-order valence-corrected chi connectivity index (χ2v) is 8.50. The number of nitrogens with zero attached hydrogens (tertiary/aromatic N) is 3. The van der Waals surface area contributed by atoms with Crippen molar-refractivity contribution in [2.75, 3.05) is 26.1 Å². The number of hydrogen-bond donors (Lipinski definition) is 2. The summed E-state index contributed by atoms with van der Waals surface area (Å²) in [6.07, 6.45) is 1.56. The Morgan fingerprint density at radius 2 is 2.06 bits per heavy atom. The highest BCUT2D eigenvalue weighted by molar-refractivity contribution is 9.10. The largest absolute Gasteiger partial charge is 0.493 e. The maximum Gasteiger partial charge on any atom is 0.247 e. The molecule has 2 aromatic carbocycles. The molecule has 0 spiro atoms. The van der Waals surface area contributed by atoms with Crippen LogP contribution in [0.15, 0.2) is 46.0 Å². The number of methoxy groups -OCH3 is 1. The highest BCUT2D eigenvalue weighted by atomic mass is 79.9. The van der Waals surface area contributed by atoms with E-state index in [0.29, 0.717) is 44.9 Å². The van der Waals surface area contributed by atoms with E-state index < -0.39 is 0 Å². The van der Waals surface area contributed by atoms with Gasteiger partial charge < -0.3 is 19.9 Å². The molecule has 3 rings (SSSR count). The molecule has 0 aliphatic rings. The maximum absolute atomic E-state index is 11.9. The average molecular weight is 520 g/mol. The van der Waals surface area contributed by atoms with E-state index in [0.717, 1.165) is 22.6 Å². The number of benzene rings is 2. The summed E-state index contributed by atoms with van der Waals surface area (Å²) < 4.78 is 17.7. The fraction of sp³-hybridized carbons (Fsp3) is 0.238. The quantitative estimate of drug-likeness (QED) is 0.239. The zero-order chi connectivity index (χ0) is 22.9. The third-order valence-electron chi connectivity index (χ3n) is 4.04. The monoisotopic (exact) mass is 519 g/mol. The first-order valence-corrected chi connectivity index (χ1v) is 11.1. The fourth-order valence-electron chi connectivity index (χ4n) is 2.66. The Balaban J connectivity index is 1.54. The van der Waals surface area contributed by atoms with Gasteiger partial charge >= 0.3 is 0 Å². The molecule has 0 saturated heterocycles. The van der Waals surface area contributed by atoms with Gasteiger partial charge in [0.1, 0.15) is 24.0 Å². The van der Waals surface area contributed by atoms with Gasteiger partial charge in [-0.2, -0.15) is 5.10 Å². The lowest BCUT2D eigenvalue weighted by molar-refractivity contribution is -0.120. The topological polar surface area (TPSA) is 121 Å². The second kappa shape index (κ2) is 11.4. The first kappa shape index (κ1) is 23.5. The number of carbonyl (C=O) groups excluding carboxylic acids is 1. The number of aromatic nitrogens is 2. The van der Waals surface area contributed by atoms with E-state index in [4.69, 9.17) is 19.9 Å². The van der Waals surface area contributed by atoms with E-state index in [-0.39, 0.29) is 12.3 Å². The molecule has 0 bridgehead atoms. The zero-order valence-corrected chi connectivity index (χ0v) is 19.9. The molecule has 32 heavy (non-hydrogen) atoms. The Morgan fingerprint density at radius 1 is 1.25 bits per heavy atom. The minimum Gasteiger partial charge on any atom is -0.493 e. The van der Waals surface area contributed by atoms with Crippen LogP contribution in [0.3, 0.4) is 0 Å². The predicted octanol–water partition coefficient (Wildman–Crippen LogP) is 3.35. The molecule has 0 unspecified atom stereocenters. The van der Waals surface area contributed by atoms with Gasteiger partial charge in [-0.15, -0.1) is 10.2 Å². The van der Waals surface area contributed by atoms with Crippen LogP contribution < -0.4 is 25.4 Å². The SMILES string of the molecule is COc1cc(C=NNC(=O)Cc2nnc(N)s2)cc(Br)c1OCCOc1cccc(C)c1. The van der Waals surface area contributed by atoms with Crippen molar-refractivity contribution in [3.8, 4) is 17.2 Å². The van der Waals surface area contributed by atoms with Gasteiger partial charge in [-0.05, 0) is 58.2 Å². The molecule has 168 valence electrons. The highest BCUT2D eigenvalue weighted by Gasteiger charge is 2.12. The van der Waals surface area contributed by atoms with Crippen LogP contribution in [0.2, 0.25) is 0 Å². The number of aryl methyl sites for hydroxylation is 1. The van der Waals surface area contributed by atoms with Crippen molar-refractivity contribution < 1.29 is 19.0 Å². The summed E-state index contributed by atoms with van der Waals surface area (Å²) >= 11 is 4.65. The number of rotatable bonds is 10. The normalized spacial score (nSPS) is 10.8. The molecule has 1 aromatic heterocycles. The number of carbonyl (C=O) groups is 1. The van der Waals surface area contributed by atoms with Crippen LogP contribution in [0.25, 0.3) is 0 Å². The van der Waals surface area contributed by atoms with Gasteiger partial charge in [0.15, 0.2) is 11.5 Å². The van der Waals surface area contributed by atoms with Crippen molar-refractivity contribution >= 4 is 44.5 Å². The highest BCUT2D eigenvalue weighted by Crippen LogP contribution is 2.36. The van der Waals surface area contributed by atoms with Crippen LogP contribution in [0.4, 0.5) is 5.13 Å². The number of ether oxygens (including phenoxy) is 3. The van der Waals surface area contributed by atoms with Crippen LogP contribution in [0.5, 0.6) is 17.2 Å². The molecule has 1 amide bonds. The Labute approximate surface area is 197 Å². The number of hydrogen-bond acceptors (Lipinski definition) is 9. The summed E-state index contributed by atoms with van der Waals surface area (Å²) in [7, 11) is 1.55. The minimum absolute atomic E-state index is 0.0522. The van der Waals surface area contributed by atoms with Crippen LogP contribution in [0, 0.1) is 6.92 Å². The predicted molar refractivity (Wildman–Crippen MR) is 127 cm³/mol. The molecule has 0 aliphatic heterocycles. The van der Waals surface area contributed by atoms with Crippen LogP contribution in [-0.2, 0) is 11.2 Å². The van der Waals surface area contributed by atoms with E-state index >= 15 is 0 Å². The Kier molecular flexibility index (Phi) is 8.40.